The molecular weight excluding hydrogens is 198 g/mol. The third-order valence-corrected chi connectivity index (χ3v) is 1.91. The third-order valence-electron chi connectivity index (χ3n) is 1.91. The maximum atomic E-state index is 11.3. The van der Waals surface area contributed by atoms with E-state index in [-0.39, 0.29) is 5.92 Å². The van der Waals surface area contributed by atoms with Crippen molar-refractivity contribution in [2.75, 3.05) is 0 Å². The first-order chi connectivity index (χ1) is 6.92. The lowest BCUT2D eigenvalue weighted by atomic mass is 10.2. The van der Waals surface area contributed by atoms with Crippen LogP contribution in [0.3, 0.4) is 0 Å². The Balaban J connectivity index is 2.36. The van der Waals surface area contributed by atoms with Crippen LogP contribution in [0.2, 0.25) is 0 Å². The third kappa shape index (κ3) is 4.67. The van der Waals surface area contributed by atoms with Crippen molar-refractivity contribution in [3.63, 3.8) is 0 Å². The summed E-state index contributed by atoms with van der Waals surface area (Å²) in [6, 6.07) is 0. The highest BCUT2D eigenvalue weighted by Crippen LogP contribution is 2.32. The van der Waals surface area contributed by atoms with Crippen LogP contribution in [0.15, 0.2) is 0 Å². The molecule has 1 atom stereocenters. The van der Waals surface area contributed by atoms with Gasteiger partial charge in [-0.25, -0.2) is 4.79 Å². The first-order valence-electron chi connectivity index (χ1n) is 5.01. The van der Waals surface area contributed by atoms with Crippen molar-refractivity contribution in [1.82, 2.24) is 5.32 Å². The van der Waals surface area contributed by atoms with Gasteiger partial charge in [-0.3, -0.25) is 10.1 Å². The highest BCUT2D eigenvalue weighted by Gasteiger charge is 2.34. The number of amides is 1. The molecule has 86 valence electrons. The van der Waals surface area contributed by atoms with Crippen LogP contribution in [0, 0.1) is 5.92 Å². The standard InChI is InChI=1S/C10H17NO4/c1-10(2,3)15-9(13)11-8(14-6-12)7-4-5-7/h6-8H,4-5H2,1-3H3,(H,11,13)/t8-/m1/s1. The second kappa shape index (κ2) is 4.51. The van der Waals surface area contributed by atoms with Gasteiger partial charge in [-0.15, -0.1) is 0 Å². The number of ether oxygens (including phenoxy) is 2. The van der Waals surface area contributed by atoms with Gasteiger partial charge in [0.1, 0.15) is 5.60 Å². The molecule has 0 bridgehead atoms. The first kappa shape index (κ1) is 11.8. The van der Waals surface area contributed by atoms with Crippen LogP contribution < -0.4 is 5.32 Å². The first-order valence-corrected chi connectivity index (χ1v) is 5.01. The number of alkyl carbamates (subject to hydrolysis) is 1. The minimum absolute atomic E-state index is 0.239. The van der Waals surface area contributed by atoms with Crippen molar-refractivity contribution in [2.24, 2.45) is 5.92 Å². The summed E-state index contributed by atoms with van der Waals surface area (Å²) in [5.74, 6) is 0.239. The largest absolute Gasteiger partial charge is 0.444 e. The Morgan fingerprint density at radius 1 is 1.47 bits per heavy atom. The molecule has 1 fully saturated rings. The summed E-state index contributed by atoms with van der Waals surface area (Å²) < 4.78 is 9.81. The van der Waals surface area contributed by atoms with Gasteiger partial charge < -0.3 is 9.47 Å². The molecule has 0 aliphatic heterocycles. The second-order valence-electron chi connectivity index (χ2n) is 4.64. The zero-order chi connectivity index (χ0) is 11.5. The van der Waals surface area contributed by atoms with Gasteiger partial charge in [-0.2, -0.15) is 0 Å². The lowest BCUT2D eigenvalue weighted by Crippen LogP contribution is -2.41. The predicted octanol–water partition coefficient (Wildman–Crippen LogP) is 1.42. The van der Waals surface area contributed by atoms with Gasteiger partial charge in [-0.05, 0) is 33.6 Å². The molecule has 1 N–H and O–H groups in total. The Morgan fingerprint density at radius 2 is 2.07 bits per heavy atom. The Labute approximate surface area is 89.1 Å². The summed E-state index contributed by atoms with van der Waals surface area (Å²) in [4.78, 5) is 21.5. The van der Waals surface area contributed by atoms with Gasteiger partial charge in [0.15, 0.2) is 6.23 Å². The highest BCUT2D eigenvalue weighted by atomic mass is 16.6. The smallest absolute Gasteiger partial charge is 0.410 e. The van der Waals surface area contributed by atoms with E-state index in [1.165, 1.54) is 0 Å². The van der Waals surface area contributed by atoms with E-state index in [0.717, 1.165) is 12.8 Å². The van der Waals surface area contributed by atoms with Crippen molar-refractivity contribution in [3.8, 4) is 0 Å². The van der Waals surface area contributed by atoms with Crippen LogP contribution in [-0.2, 0) is 14.3 Å². The van der Waals surface area contributed by atoms with E-state index in [9.17, 15) is 9.59 Å². The van der Waals surface area contributed by atoms with Gasteiger partial charge in [0.05, 0.1) is 0 Å². The van der Waals surface area contributed by atoms with E-state index < -0.39 is 17.9 Å². The molecule has 0 heterocycles. The van der Waals surface area contributed by atoms with Crippen LogP contribution in [0.5, 0.6) is 0 Å². The molecule has 0 spiro atoms. The molecule has 5 heteroatoms. The topological polar surface area (TPSA) is 64.6 Å². The van der Waals surface area contributed by atoms with Crippen LogP contribution in [0.4, 0.5) is 4.79 Å². The molecule has 0 saturated heterocycles. The maximum absolute atomic E-state index is 11.3. The quantitative estimate of drug-likeness (QED) is 0.569. The Bertz CT molecular complexity index is 242. The average molecular weight is 215 g/mol. The zero-order valence-electron chi connectivity index (χ0n) is 9.28. The van der Waals surface area contributed by atoms with Gasteiger partial charge in [0.2, 0.25) is 0 Å². The van der Waals surface area contributed by atoms with Gasteiger partial charge in [0, 0.05) is 5.92 Å². The van der Waals surface area contributed by atoms with Crippen LogP contribution in [-0.4, -0.2) is 24.4 Å². The van der Waals surface area contributed by atoms with Crippen molar-refractivity contribution in [2.45, 2.75) is 45.4 Å². The molecule has 0 aromatic heterocycles. The second-order valence-corrected chi connectivity index (χ2v) is 4.64. The molecule has 0 radical (unpaired) electrons. The number of rotatable bonds is 4. The molecule has 15 heavy (non-hydrogen) atoms. The lowest BCUT2D eigenvalue weighted by molar-refractivity contribution is -0.135. The molecule has 5 nitrogen and oxygen atoms in total. The van der Waals surface area contributed by atoms with Crippen LogP contribution in [0.1, 0.15) is 33.6 Å². The van der Waals surface area contributed by atoms with Crippen LogP contribution in [0.25, 0.3) is 0 Å². The SMILES string of the molecule is CC(C)(C)OC(=O)N[C@H](OC=O)C1CC1. The summed E-state index contributed by atoms with van der Waals surface area (Å²) in [5.41, 5.74) is -0.542. The van der Waals surface area contributed by atoms with E-state index in [0.29, 0.717) is 6.47 Å². The minimum Gasteiger partial charge on any atom is -0.444 e. The van der Waals surface area contributed by atoms with E-state index in [1.54, 1.807) is 20.8 Å². The van der Waals surface area contributed by atoms with E-state index in [2.05, 4.69) is 5.32 Å². The van der Waals surface area contributed by atoms with Crippen LogP contribution >= 0.6 is 0 Å². The normalized spacial score (nSPS) is 17.8. The Morgan fingerprint density at radius 3 is 2.47 bits per heavy atom. The summed E-state index contributed by atoms with van der Waals surface area (Å²) in [7, 11) is 0. The van der Waals surface area contributed by atoms with Crippen molar-refractivity contribution in [1.29, 1.82) is 0 Å². The predicted molar refractivity (Wildman–Crippen MR) is 53.0 cm³/mol. The van der Waals surface area contributed by atoms with Crippen molar-refractivity contribution >= 4 is 12.6 Å². The lowest BCUT2D eigenvalue weighted by Gasteiger charge is -2.22. The summed E-state index contributed by atoms with van der Waals surface area (Å²) in [6.07, 6.45) is 0.835. The number of carbonyl (C=O) groups excluding carboxylic acids is 2. The molecular formula is C10H17NO4. The zero-order valence-corrected chi connectivity index (χ0v) is 9.28. The number of hydrogen-bond donors (Lipinski definition) is 1. The number of nitrogens with one attached hydrogen (secondary N) is 1. The van der Waals surface area contributed by atoms with E-state index in [4.69, 9.17) is 9.47 Å². The molecule has 0 aromatic rings. The highest BCUT2D eigenvalue weighted by molar-refractivity contribution is 5.68. The molecule has 0 unspecified atom stereocenters. The molecule has 0 aromatic carbocycles. The molecule has 1 rings (SSSR count). The number of hydrogen-bond acceptors (Lipinski definition) is 4. The fourth-order valence-electron chi connectivity index (χ4n) is 1.15. The van der Waals surface area contributed by atoms with E-state index >= 15 is 0 Å². The average Bonchev–Trinajstić information content (AvgIpc) is 2.81. The van der Waals surface area contributed by atoms with Crippen molar-refractivity contribution in [3.05, 3.63) is 0 Å². The fraction of sp³-hybridized carbons (Fsp3) is 0.800. The Kier molecular flexibility index (Phi) is 3.55. The summed E-state index contributed by atoms with van der Waals surface area (Å²) in [6.45, 7) is 5.68. The van der Waals surface area contributed by atoms with Gasteiger partial charge >= 0.3 is 6.09 Å². The fourth-order valence-corrected chi connectivity index (χ4v) is 1.15. The molecule has 1 aliphatic carbocycles. The van der Waals surface area contributed by atoms with Crippen molar-refractivity contribution < 1.29 is 19.1 Å². The summed E-state index contributed by atoms with van der Waals surface area (Å²) >= 11 is 0. The van der Waals surface area contributed by atoms with Gasteiger partial charge in [-0.1, -0.05) is 0 Å². The van der Waals surface area contributed by atoms with Gasteiger partial charge in [0.25, 0.3) is 6.47 Å². The molecule has 1 saturated carbocycles. The minimum atomic E-state index is -0.554. The van der Waals surface area contributed by atoms with E-state index in [1.807, 2.05) is 0 Å². The number of carbonyl (C=O) groups is 2. The maximum Gasteiger partial charge on any atom is 0.410 e. The summed E-state index contributed by atoms with van der Waals surface area (Å²) in [5, 5.41) is 2.52. The molecule has 1 aliphatic rings. The Hall–Kier alpha value is -1.26. The monoisotopic (exact) mass is 215 g/mol. The molecule has 1 amide bonds.